The third-order valence-electron chi connectivity index (χ3n) is 7.73. The minimum Gasteiger partial charge on any atom is -0.465 e. The van der Waals surface area contributed by atoms with Gasteiger partial charge in [0, 0.05) is 25.2 Å². The van der Waals surface area contributed by atoms with Crippen LogP contribution in [0.3, 0.4) is 0 Å². The molecule has 2 aliphatic rings. The SMILES string of the molecule is O=C(O)N(Cc1ccc(F)c(F)c1)c1cccc(F)c1CC1C2CCC1CN(Cc1ccccc1)C2. The number of hydrogen-bond donors (Lipinski definition) is 1. The highest BCUT2D eigenvalue weighted by atomic mass is 19.2. The molecule has 2 unspecified atom stereocenters. The summed E-state index contributed by atoms with van der Waals surface area (Å²) in [7, 11) is 0. The Labute approximate surface area is 209 Å². The first-order chi connectivity index (χ1) is 17.4. The molecule has 0 spiro atoms. The molecule has 1 heterocycles. The van der Waals surface area contributed by atoms with Gasteiger partial charge in [-0.25, -0.2) is 18.0 Å². The Morgan fingerprint density at radius 1 is 0.861 bits per heavy atom. The zero-order valence-corrected chi connectivity index (χ0v) is 19.9. The van der Waals surface area contributed by atoms with E-state index in [0.29, 0.717) is 29.4 Å². The number of carboxylic acid groups (broad SMARTS) is 1. The van der Waals surface area contributed by atoms with Crippen LogP contribution in [-0.4, -0.2) is 29.2 Å². The van der Waals surface area contributed by atoms with Gasteiger partial charge in [0.1, 0.15) is 5.82 Å². The zero-order chi connectivity index (χ0) is 25.2. The van der Waals surface area contributed by atoms with E-state index in [9.17, 15) is 18.7 Å². The van der Waals surface area contributed by atoms with Crippen molar-refractivity contribution in [2.75, 3.05) is 18.0 Å². The van der Waals surface area contributed by atoms with E-state index in [1.54, 1.807) is 6.07 Å². The molecule has 4 nitrogen and oxygen atoms in total. The first kappa shape index (κ1) is 24.4. The van der Waals surface area contributed by atoms with Gasteiger partial charge in [-0.1, -0.05) is 42.5 Å². The van der Waals surface area contributed by atoms with Crippen molar-refractivity contribution < 1.29 is 23.1 Å². The number of fused-ring (bicyclic) bond motifs is 2. The van der Waals surface area contributed by atoms with Crippen LogP contribution in [0.1, 0.15) is 29.5 Å². The van der Waals surface area contributed by atoms with E-state index in [1.165, 1.54) is 23.8 Å². The lowest BCUT2D eigenvalue weighted by Gasteiger charge is -2.38. The second-order valence-corrected chi connectivity index (χ2v) is 10.00. The predicted octanol–water partition coefficient (Wildman–Crippen LogP) is 6.49. The topological polar surface area (TPSA) is 43.8 Å². The second-order valence-electron chi connectivity index (χ2n) is 10.00. The molecule has 5 rings (SSSR count). The molecule has 2 bridgehead atoms. The Balaban J connectivity index is 1.36. The molecule has 0 aromatic heterocycles. The third kappa shape index (κ3) is 5.12. The fourth-order valence-electron chi connectivity index (χ4n) is 6.05. The van der Waals surface area contributed by atoms with Gasteiger partial charge in [0.25, 0.3) is 0 Å². The van der Waals surface area contributed by atoms with E-state index in [2.05, 4.69) is 17.0 Å². The summed E-state index contributed by atoms with van der Waals surface area (Å²) in [5.74, 6) is -1.37. The maximum Gasteiger partial charge on any atom is 0.412 e. The number of piperidine rings is 1. The molecule has 36 heavy (non-hydrogen) atoms. The number of likely N-dealkylation sites (tertiary alicyclic amines) is 1. The molecule has 2 fully saturated rings. The molecule has 1 aliphatic heterocycles. The summed E-state index contributed by atoms with van der Waals surface area (Å²) in [6.07, 6.45) is 1.36. The molecule has 7 heteroatoms. The lowest BCUT2D eigenvalue weighted by atomic mass is 9.80. The maximum absolute atomic E-state index is 15.2. The molecule has 1 saturated heterocycles. The molecule has 1 saturated carbocycles. The summed E-state index contributed by atoms with van der Waals surface area (Å²) in [4.78, 5) is 15.7. The third-order valence-corrected chi connectivity index (χ3v) is 7.73. The van der Waals surface area contributed by atoms with Crippen LogP contribution in [0.2, 0.25) is 0 Å². The molecular weight excluding hydrogens is 465 g/mol. The minimum atomic E-state index is -1.27. The largest absolute Gasteiger partial charge is 0.465 e. The van der Waals surface area contributed by atoms with Crippen molar-refractivity contribution in [3.63, 3.8) is 0 Å². The molecule has 1 aliphatic carbocycles. The van der Waals surface area contributed by atoms with Crippen LogP contribution in [0.5, 0.6) is 0 Å². The number of rotatable bonds is 7. The van der Waals surface area contributed by atoms with Crippen molar-refractivity contribution in [2.45, 2.75) is 32.4 Å². The Kier molecular flexibility index (Phi) is 7.01. The molecule has 3 aromatic rings. The highest BCUT2D eigenvalue weighted by Gasteiger charge is 2.42. The van der Waals surface area contributed by atoms with Gasteiger partial charge in [-0.2, -0.15) is 0 Å². The summed E-state index contributed by atoms with van der Waals surface area (Å²) in [5.41, 5.74) is 2.21. The Morgan fingerprint density at radius 3 is 2.25 bits per heavy atom. The van der Waals surface area contributed by atoms with Gasteiger partial charge in [-0.3, -0.25) is 9.80 Å². The van der Waals surface area contributed by atoms with Crippen molar-refractivity contribution in [2.24, 2.45) is 17.8 Å². The van der Waals surface area contributed by atoms with Crippen LogP contribution in [-0.2, 0) is 19.5 Å². The second kappa shape index (κ2) is 10.3. The monoisotopic (exact) mass is 494 g/mol. The van der Waals surface area contributed by atoms with Crippen LogP contribution >= 0.6 is 0 Å². The Bertz CT molecular complexity index is 1220. The minimum absolute atomic E-state index is 0.203. The summed E-state index contributed by atoms with van der Waals surface area (Å²) in [5, 5.41) is 9.95. The summed E-state index contributed by atoms with van der Waals surface area (Å²) >= 11 is 0. The van der Waals surface area contributed by atoms with Crippen molar-refractivity contribution in [3.8, 4) is 0 Å². The highest BCUT2D eigenvalue weighted by Crippen LogP contribution is 2.45. The van der Waals surface area contributed by atoms with Crippen LogP contribution in [0, 0.1) is 35.2 Å². The fraction of sp³-hybridized carbons (Fsp3) is 0.345. The van der Waals surface area contributed by atoms with Crippen LogP contribution in [0.15, 0.2) is 66.7 Å². The normalized spacial score (nSPS) is 21.5. The smallest absolute Gasteiger partial charge is 0.412 e. The van der Waals surface area contributed by atoms with E-state index in [4.69, 9.17) is 0 Å². The quantitative estimate of drug-likeness (QED) is 0.408. The van der Waals surface area contributed by atoms with E-state index < -0.39 is 23.5 Å². The summed E-state index contributed by atoms with van der Waals surface area (Å²) < 4.78 is 42.3. The van der Waals surface area contributed by atoms with Gasteiger partial charge < -0.3 is 5.11 Å². The highest BCUT2D eigenvalue weighted by molar-refractivity contribution is 5.87. The van der Waals surface area contributed by atoms with Gasteiger partial charge in [-0.15, -0.1) is 0 Å². The molecule has 2 atom stereocenters. The first-order valence-corrected chi connectivity index (χ1v) is 12.4. The van der Waals surface area contributed by atoms with Gasteiger partial charge in [-0.05, 0) is 72.4 Å². The number of anilines is 1. The average molecular weight is 495 g/mol. The van der Waals surface area contributed by atoms with Crippen LogP contribution in [0.25, 0.3) is 0 Å². The number of nitrogens with zero attached hydrogens (tertiary/aromatic N) is 2. The number of carbonyl (C=O) groups is 1. The van der Waals surface area contributed by atoms with Gasteiger partial charge in [0.2, 0.25) is 0 Å². The van der Waals surface area contributed by atoms with E-state index in [1.807, 2.05) is 18.2 Å². The number of halogens is 3. The van der Waals surface area contributed by atoms with Gasteiger partial charge >= 0.3 is 6.09 Å². The van der Waals surface area contributed by atoms with Crippen molar-refractivity contribution in [1.82, 2.24) is 4.90 Å². The summed E-state index contributed by atoms with van der Waals surface area (Å²) in [6.45, 7) is 2.58. The van der Waals surface area contributed by atoms with Crippen molar-refractivity contribution in [3.05, 3.63) is 101 Å². The number of hydrogen-bond acceptors (Lipinski definition) is 2. The summed E-state index contributed by atoms with van der Waals surface area (Å²) in [6, 6.07) is 18.1. The molecule has 1 N–H and O–H groups in total. The first-order valence-electron chi connectivity index (χ1n) is 12.4. The Hall–Kier alpha value is -3.32. The standard InChI is InChI=1S/C29H29F3N2O2/c30-25-7-4-8-28(34(29(35)36)16-20-9-12-26(31)27(32)13-20)24(25)14-23-21-10-11-22(23)18-33(17-21)15-19-5-2-1-3-6-19/h1-9,12-13,21-23H,10-11,14-18H2,(H,35,36). The number of benzene rings is 3. The maximum atomic E-state index is 15.2. The molecule has 188 valence electrons. The fourth-order valence-corrected chi connectivity index (χ4v) is 6.05. The van der Waals surface area contributed by atoms with Crippen molar-refractivity contribution in [1.29, 1.82) is 0 Å². The van der Waals surface area contributed by atoms with Crippen LogP contribution in [0.4, 0.5) is 23.7 Å². The lowest BCUT2D eigenvalue weighted by Crippen LogP contribution is -2.42. The Morgan fingerprint density at radius 2 is 1.58 bits per heavy atom. The molecule has 3 aromatic carbocycles. The van der Waals surface area contributed by atoms with Crippen LogP contribution < -0.4 is 4.90 Å². The van der Waals surface area contributed by atoms with Crippen molar-refractivity contribution >= 4 is 11.8 Å². The van der Waals surface area contributed by atoms with Gasteiger partial charge in [0.05, 0.1) is 12.2 Å². The van der Waals surface area contributed by atoms with Gasteiger partial charge in [0.15, 0.2) is 11.6 Å². The average Bonchev–Trinajstić information content (AvgIpc) is 3.09. The van der Waals surface area contributed by atoms with E-state index >= 15 is 4.39 Å². The predicted molar refractivity (Wildman–Crippen MR) is 132 cm³/mol. The molecule has 0 radical (unpaired) electrons. The molecular formula is C29H29F3N2O2. The molecule has 1 amide bonds. The number of amides is 1. The van der Waals surface area contributed by atoms with E-state index in [-0.39, 0.29) is 18.2 Å². The van der Waals surface area contributed by atoms with E-state index in [0.717, 1.165) is 49.5 Å². The lowest BCUT2D eigenvalue weighted by molar-refractivity contribution is 0.103. The zero-order valence-electron chi connectivity index (χ0n) is 19.9.